The van der Waals surface area contributed by atoms with Gasteiger partial charge in [0.2, 0.25) is 0 Å². The fourth-order valence-corrected chi connectivity index (χ4v) is 2.14. The van der Waals surface area contributed by atoms with Gasteiger partial charge in [0.1, 0.15) is 5.75 Å². The molecule has 0 bridgehead atoms. The molecule has 1 heterocycles. The van der Waals surface area contributed by atoms with Crippen LogP contribution in [0.5, 0.6) is 5.75 Å². The molecule has 0 aliphatic carbocycles. The molecule has 0 radical (unpaired) electrons. The number of nitrogens with zero attached hydrogens (tertiary/aromatic N) is 2. The van der Waals surface area contributed by atoms with Crippen molar-refractivity contribution in [1.29, 1.82) is 0 Å². The first kappa shape index (κ1) is 13.6. The minimum absolute atomic E-state index is 0.250. The van der Waals surface area contributed by atoms with Crippen molar-refractivity contribution >= 4 is 11.6 Å². The van der Waals surface area contributed by atoms with Crippen molar-refractivity contribution in [3.8, 4) is 17.2 Å². The molecule has 1 N–H and O–H groups in total. The quantitative estimate of drug-likeness (QED) is 0.794. The van der Waals surface area contributed by atoms with Crippen LogP contribution in [0.2, 0.25) is 5.02 Å². The van der Waals surface area contributed by atoms with Gasteiger partial charge in [-0.25, -0.2) is 0 Å². The van der Waals surface area contributed by atoms with E-state index in [1.54, 1.807) is 12.1 Å². The Hall–Kier alpha value is -2.33. The fraction of sp³-hybridized carbons (Fsp3) is 0.125. The Kier molecular flexibility index (Phi) is 3.62. The zero-order chi connectivity index (χ0) is 14.8. The van der Waals surface area contributed by atoms with Crippen molar-refractivity contribution in [3.63, 3.8) is 0 Å². The molecule has 0 unspecified atom stereocenters. The summed E-state index contributed by atoms with van der Waals surface area (Å²) in [5, 5.41) is 14.2. The average Bonchev–Trinajstić information content (AvgIpc) is 2.93. The van der Waals surface area contributed by atoms with E-state index in [0.29, 0.717) is 23.2 Å². The molecule has 0 amide bonds. The first-order chi connectivity index (χ1) is 10.1. The van der Waals surface area contributed by atoms with Crippen molar-refractivity contribution in [3.05, 3.63) is 64.4 Å². The summed E-state index contributed by atoms with van der Waals surface area (Å²) >= 11 is 5.86. The van der Waals surface area contributed by atoms with Crippen LogP contribution in [0.1, 0.15) is 17.0 Å². The third-order valence-electron chi connectivity index (χ3n) is 3.19. The van der Waals surface area contributed by atoms with Gasteiger partial charge in [-0.1, -0.05) is 28.9 Å². The second-order valence-corrected chi connectivity index (χ2v) is 5.26. The number of rotatable bonds is 3. The summed E-state index contributed by atoms with van der Waals surface area (Å²) in [6, 6.07) is 12.7. The fourth-order valence-electron chi connectivity index (χ4n) is 2.02. The Morgan fingerprint density at radius 2 is 1.90 bits per heavy atom. The number of hydrogen-bond acceptors (Lipinski definition) is 4. The summed E-state index contributed by atoms with van der Waals surface area (Å²) in [5.74, 6) is 1.31. The van der Waals surface area contributed by atoms with E-state index in [-0.39, 0.29) is 5.75 Å². The summed E-state index contributed by atoms with van der Waals surface area (Å²) in [7, 11) is 0. The van der Waals surface area contributed by atoms with E-state index in [4.69, 9.17) is 16.1 Å². The van der Waals surface area contributed by atoms with Crippen LogP contribution in [0, 0.1) is 6.92 Å². The Morgan fingerprint density at radius 1 is 1.14 bits per heavy atom. The Morgan fingerprint density at radius 3 is 2.62 bits per heavy atom. The molecule has 106 valence electrons. The molecular formula is C16H13ClN2O2. The number of phenols is 1. The normalized spacial score (nSPS) is 10.8. The van der Waals surface area contributed by atoms with Gasteiger partial charge in [0.25, 0.3) is 5.89 Å². The molecule has 0 fully saturated rings. The van der Waals surface area contributed by atoms with Gasteiger partial charge in [-0.2, -0.15) is 4.98 Å². The molecular weight excluding hydrogens is 288 g/mol. The second-order valence-electron chi connectivity index (χ2n) is 4.82. The highest BCUT2D eigenvalue weighted by atomic mass is 35.5. The number of aryl methyl sites for hydroxylation is 1. The van der Waals surface area contributed by atoms with Crippen LogP contribution in [0.15, 0.2) is 47.0 Å². The SMILES string of the molecule is Cc1cc(-c2nc(Cc3ccc(Cl)cc3)no2)ccc1O. The zero-order valence-electron chi connectivity index (χ0n) is 11.4. The van der Waals surface area contributed by atoms with Crippen molar-refractivity contribution < 1.29 is 9.63 Å². The minimum Gasteiger partial charge on any atom is -0.508 e. The Labute approximate surface area is 127 Å². The van der Waals surface area contributed by atoms with E-state index in [1.165, 1.54) is 0 Å². The number of halogens is 1. The van der Waals surface area contributed by atoms with Gasteiger partial charge in [0.05, 0.1) is 0 Å². The lowest BCUT2D eigenvalue weighted by Gasteiger charge is -1.99. The number of phenolic OH excluding ortho intramolecular Hbond substituents is 1. The predicted molar refractivity (Wildman–Crippen MR) is 80.4 cm³/mol. The van der Waals surface area contributed by atoms with Crippen molar-refractivity contribution in [2.45, 2.75) is 13.3 Å². The van der Waals surface area contributed by atoms with Crippen LogP contribution in [-0.4, -0.2) is 15.2 Å². The first-order valence-corrected chi connectivity index (χ1v) is 6.86. The van der Waals surface area contributed by atoms with Crippen LogP contribution in [0.25, 0.3) is 11.5 Å². The van der Waals surface area contributed by atoms with E-state index in [2.05, 4.69) is 10.1 Å². The van der Waals surface area contributed by atoms with Gasteiger partial charge in [0, 0.05) is 17.0 Å². The Balaban J connectivity index is 1.82. The van der Waals surface area contributed by atoms with Crippen LogP contribution >= 0.6 is 11.6 Å². The third-order valence-corrected chi connectivity index (χ3v) is 3.44. The highest BCUT2D eigenvalue weighted by Crippen LogP contribution is 2.24. The van der Waals surface area contributed by atoms with E-state index in [9.17, 15) is 5.11 Å². The van der Waals surface area contributed by atoms with E-state index < -0.39 is 0 Å². The van der Waals surface area contributed by atoms with Gasteiger partial charge in [-0.3, -0.25) is 0 Å². The molecule has 0 aliphatic heterocycles. The largest absolute Gasteiger partial charge is 0.508 e. The molecule has 5 heteroatoms. The number of hydrogen-bond donors (Lipinski definition) is 1. The minimum atomic E-state index is 0.250. The zero-order valence-corrected chi connectivity index (χ0v) is 12.1. The molecule has 0 atom stereocenters. The van der Waals surface area contributed by atoms with E-state index in [1.807, 2.05) is 37.3 Å². The number of aromatic hydroxyl groups is 1. The monoisotopic (exact) mass is 300 g/mol. The first-order valence-electron chi connectivity index (χ1n) is 6.49. The second kappa shape index (κ2) is 5.58. The summed E-state index contributed by atoms with van der Waals surface area (Å²) < 4.78 is 5.27. The van der Waals surface area contributed by atoms with E-state index >= 15 is 0 Å². The molecule has 0 spiro atoms. The number of aromatic nitrogens is 2. The van der Waals surface area contributed by atoms with Crippen LogP contribution in [0.4, 0.5) is 0 Å². The summed E-state index contributed by atoms with van der Waals surface area (Å²) in [4.78, 5) is 4.38. The molecule has 2 aromatic carbocycles. The smallest absolute Gasteiger partial charge is 0.257 e. The molecule has 0 aliphatic rings. The highest BCUT2D eigenvalue weighted by Gasteiger charge is 2.10. The summed E-state index contributed by atoms with van der Waals surface area (Å²) in [5.41, 5.74) is 2.62. The third kappa shape index (κ3) is 3.06. The van der Waals surface area contributed by atoms with Crippen molar-refractivity contribution in [2.75, 3.05) is 0 Å². The van der Waals surface area contributed by atoms with Gasteiger partial charge < -0.3 is 9.63 Å². The molecule has 3 rings (SSSR count). The lowest BCUT2D eigenvalue weighted by Crippen LogP contribution is -1.90. The summed E-state index contributed by atoms with van der Waals surface area (Å²) in [6.45, 7) is 1.82. The van der Waals surface area contributed by atoms with E-state index in [0.717, 1.165) is 16.7 Å². The molecule has 21 heavy (non-hydrogen) atoms. The topological polar surface area (TPSA) is 59.2 Å². The molecule has 0 saturated carbocycles. The van der Waals surface area contributed by atoms with Crippen molar-refractivity contribution in [1.82, 2.24) is 10.1 Å². The predicted octanol–water partition coefficient (Wildman–Crippen LogP) is 3.99. The van der Waals surface area contributed by atoms with Gasteiger partial charge >= 0.3 is 0 Å². The molecule has 4 nitrogen and oxygen atoms in total. The van der Waals surface area contributed by atoms with Gasteiger partial charge in [-0.05, 0) is 48.4 Å². The number of benzene rings is 2. The highest BCUT2D eigenvalue weighted by molar-refractivity contribution is 6.30. The van der Waals surface area contributed by atoms with Gasteiger partial charge in [0.15, 0.2) is 5.82 Å². The lowest BCUT2D eigenvalue weighted by atomic mass is 10.1. The summed E-state index contributed by atoms with van der Waals surface area (Å²) in [6.07, 6.45) is 0.581. The maximum atomic E-state index is 9.54. The van der Waals surface area contributed by atoms with Crippen LogP contribution in [-0.2, 0) is 6.42 Å². The lowest BCUT2D eigenvalue weighted by molar-refractivity contribution is 0.423. The Bertz CT molecular complexity index is 766. The average molecular weight is 301 g/mol. The standard InChI is InChI=1S/C16H13ClN2O2/c1-10-8-12(4-7-14(10)20)16-18-15(19-21-16)9-11-2-5-13(17)6-3-11/h2-8,20H,9H2,1H3. The van der Waals surface area contributed by atoms with Crippen LogP contribution < -0.4 is 0 Å². The molecule has 3 aromatic rings. The molecule has 0 saturated heterocycles. The van der Waals surface area contributed by atoms with Gasteiger partial charge in [-0.15, -0.1) is 0 Å². The maximum absolute atomic E-state index is 9.54. The van der Waals surface area contributed by atoms with Crippen molar-refractivity contribution in [2.24, 2.45) is 0 Å². The van der Waals surface area contributed by atoms with Crippen LogP contribution in [0.3, 0.4) is 0 Å². The maximum Gasteiger partial charge on any atom is 0.257 e. The molecule has 1 aromatic heterocycles.